The minimum Gasteiger partial charge on any atom is -0.497 e. The SMILES string of the molecule is CCOc1ccc(NS(=O)(=O)c2ccc(Cl)c(C(=O)Nc3ccc(OC)cc3)c2)cc1. The molecule has 0 saturated carbocycles. The summed E-state index contributed by atoms with van der Waals surface area (Å²) in [5, 5.41) is 2.82. The van der Waals surface area contributed by atoms with Gasteiger partial charge >= 0.3 is 0 Å². The Hall–Kier alpha value is -3.23. The van der Waals surface area contributed by atoms with Gasteiger partial charge in [-0.2, -0.15) is 0 Å². The van der Waals surface area contributed by atoms with Crippen molar-refractivity contribution in [2.45, 2.75) is 11.8 Å². The van der Waals surface area contributed by atoms with Gasteiger partial charge in [0.15, 0.2) is 0 Å². The van der Waals surface area contributed by atoms with Crippen molar-refractivity contribution in [3.05, 3.63) is 77.3 Å². The minimum absolute atomic E-state index is 0.0343. The number of carbonyl (C=O) groups is 1. The van der Waals surface area contributed by atoms with Crippen molar-refractivity contribution in [1.29, 1.82) is 0 Å². The van der Waals surface area contributed by atoms with Crippen LogP contribution >= 0.6 is 11.6 Å². The smallest absolute Gasteiger partial charge is 0.261 e. The van der Waals surface area contributed by atoms with Crippen LogP contribution in [-0.4, -0.2) is 28.0 Å². The summed E-state index contributed by atoms with van der Waals surface area (Å²) in [4.78, 5) is 12.6. The van der Waals surface area contributed by atoms with Gasteiger partial charge in [0.05, 0.1) is 29.2 Å². The van der Waals surface area contributed by atoms with Gasteiger partial charge < -0.3 is 14.8 Å². The molecule has 2 N–H and O–H groups in total. The molecule has 0 saturated heterocycles. The summed E-state index contributed by atoms with van der Waals surface area (Å²) in [5.41, 5.74) is 0.914. The van der Waals surface area contributed by atoms with Gasteiger partial charge in [0.2, 0.25) is 0 Å². The highest BCUT2D eigenvalue weighted by molar-refractivity contribution is 7.92. The van der Waals surface area contributed by atoms with Gasteiger partial charge in [0.25, 0.3) is 15.9 Å². The molecule has 3 aromatic rings. The quantitative estimate of drug-likeness (QED) is 0.503. The number of ether oxygens (including phenoxy) is 2. The highest BCUT2D eigenvalue weighted by Gasteiger charge is 2.19. The van der Waals surface area contributed by atoms with E-state index in [1.54, 1.807) is 55.6 Å². The summed E-state index contributed by atoms with van der Waals surface area (Å²) in [7, 11) is -2.40. The molecule has 0 bridgehead atoms. The van der Waals surface area contributed by atoms with Crippen molar-refractivity contribution >= 4 is 38.9 Å². The summed E-state index contributed by atoms with van der Waals surface area (Å²) < 4.78 is 38.5. The molecule has 1 amide bonds. The number of rotatable bonds is 8. The molecule has 9 heteroatoms. The fraction of sp³-hybridized carbons (Fsp3) is 0.136. The highest BCUT2D eigenvalue weighted by Crippen LogP contribution is 2.25. The van der Waals surface area contributed by atoms with Gasteiger partial charge in [-0.05, 0) is 73.7 Å². The fourth-order valence-electron chi connectivity index (χ4n) is 2.72. The lowest BCUT2D eigenvalue weighted by Crippen LogP contribution is -2.16. The lowest BCUT2D eigenvalue weighted by Gasteiger charge is -2.12. The van der Waals surface area contributed by atoms with Crippen LogP contribution in [0.15, 0.2) is 71.6 Å². The Morgan fingerprint density at radius 1 is 0.935 bits per heavy atom. The summed E-state index contributed by atoms with van der Waals surface area (Å²) >= 11 is 6.15. The Balaban J connectivity index is 1.80. The average molecular weight is 461 g/mol. The van der Waals surface area contributed by atoms with Gasteiger partial charge in [0, 0.05) is 11.4 Å². The first-order valence-electron chi connectivity index (χ1n) is 9.33. The second kappa shape index (κ2) is 9.72. The molecule has 0 spiro atoms. The normalized spacial score (nSPS) is 10.9. The van der Waals surface area contributed by atoms with E-state index in [4.69, 9.17) is 21.1 Å². The first-order valence-corrected chi connectivity index (χ1v) is 11.2. The predicted octanol–water partition coefficient (Wildman–Crippen LogP) is 4.80. The maximum absolute atomic E-state index is 12.8. The maximum Gasteiger partial charge on any atom is 0.261 e. The summed E-state index contributed by atoms with van der Waals surface area (Å²) in [6, 6.07) is 17.2. The van der Waals surface area contributed by atoms with Crippen molar-refractivity contribution in [2.24, 2.45) is 0 Å². The first-order chi connectivity index (χ1) is 14.8. The van der Waals surface area contributed by atoms with Crippen LogP contribution in [-0.2, 0) is 10.0 Å². The zero-order chi connectivity index (χ0) is 22.4. The van der Waals surface area contributed by atoms with Crippen LogP contribution in [0.3, 0.4) is 0 Å². The minimum atomic E-state index is -3.94. The molecule has 0 heterocycles. The Morgan fingerprint density at radius 3 is 2.16 bits per heavy atom. The largest absolute Gasteiger partial charge is 0.497 e. The van der Waals surface area contributed by atoms with Crippen LogP contribution in [0, 0.1) is 0 Å². The van der Waals surface area contributed by atoms with Gasteiger partial charge in [0.1, 0.15) is 11.5 Å². The molecule has 0 radical (unpaired) electrons. The molecule has 7 nitrogen and oxygen atoms in total. The number of benzene rings is 3. The number of anilines is 2. The number of amides is 1. The third kappa shape index (κ3) is 5.68. The van der Waals surface area contributed by atoms with Crippen LogP contribution in [0.25, 0.3) is 0 Å². The van der Waals surface area contributed by atoms with Gasteiger partial charge in [-0.1, -0.05) is 11.6 Å². The van der Waals surface area contributed by atoms with Crippen LogP contribution in [0.4, 0.5) is 11.4 Å². The Labute approximate surface area is 186 Å². The molecule has 0 fully saturated rings. The van der Waals surface area contributed by atoms with E-state index in [-0.39, 0.29) is 15.5 Å². The van der Waals surface area contributed by atoms with Crippen molar-refractivity contribution in [3.8, 4) is 11.5 Å². The van der Waals surface area contributed by atoms with E-state index >= 15 is 0 Å². The van der Waals surface area contributed by atoms with Crippen LogP contribution in [0.1, 0.15) is 17.3 Å². The van der Waals surface area contributed by atoms with Gasteiger partial charge in [-0.3, -0.25) is 9.52 Å². The number of halogens is 1. The fourth-order valence-corrected chi connectivity index (χ4v) is 4.01. The van der Waals surface area contributed by atoms with Crippen molar-refractivity contribution < 1.29 is 22.7 Å². The molecule has 162 valence electrons. The van der Waals surface area contributed by atoms with Crippen LogP contribution in [0.5, 0.6) is 11.5 Å². The molecule has 0 atom stereocenters. The molecular formula is C22H21ClN2O5S. The number of carbonyl (C=O) groups excluding carboxylic acids is 1. The lowest BCUT2D eigenvalue weighted by molar-refractivity contribution is 0.102. The molecule has 0 aliphatic rings. The summed E-state index contributed by atoms with van der Waals surface area (Å²) in [6.07, 6.45) is 0. The zero-order valence-electron chi connectivity index (χ0n) is 16.9. The Morgan fingerprint density at radius 2 is 1.55 bits per heavy atom. The summed E-state index contributed by atoms with van der Waals surface area (Å²) in [5.74, 6) is 0.743. The standard InChI is InChI=1S/C22H21ClN2O5S/c1-3-30-18-10-6-16(7-11-18)25-31(27,28)19-12-13-21(23)20(14-19)22(26)24-15-4-8-17(29-2)9-5-15/h4-14,25H,3H2,1-2H3,(H,24,26). The highest BCUT2D eigenvalue weighted by atomic mass is 35.5. The number of hydrogen-bond acceptors (Lipinski definition) is 5. The van der Waals surface area contributed by atoms with E-state index in [0.29, 0.717) is 29.5 Å². The van der Waals surface area contributed by atoms with Crippen molar-refractivity contribution in [3.63, 3.8) is 0 Å². The predicted molar refractivity (Wildman–Crippen MR) is 121 cm³/mol. The van der Waals surface area contributed by atoms with Crippen LogP contribution in [0.2, 0.25) is 5.02 Å². The van der Waals surface area contributed by atoms with Crippen molar-refractivity contribution in [2.75, 3.05) is 23.8 Å². The topological polar surface area (TPSA) is 93.7 Å². The first kappa shape index (κ1) is 22.5. The maximum atomic E-state index is 12.8. The van der Waals surface area contributed by atoms with Gasteiger partial charge in [-0.25, -0.2) is 8.42 Å². The van der Waals surface area contributed by atoms with Crippen LogP contribution < -0.4 is 19.5 Å². The number of methoxy groups -OCH3 is 1. The van der Waals surface area contributed by atoms with Gasteiger partial charge in [-0.15, -0.1) is 0 Å². The van der Waals surface area contributed by atoms with Crippen molar-refractivity contribution in [1.82, 2.24) is 0 Å². The Bertz CT molecular complexity index is 1160. The number of hydrogen-bond donors (Lipinski definition) is 2. The third-order valence-electron chi connectivity index (χ3n) is 4.26. The van der Waals surface area contributed by atoms with E-state index in [0.717, 1.165) is 0 Å². The molecular weight excluding hydrogens is 440 g/mol. The van der Waals surface area contributed by atoms with E-state index < -0.39 is 15.9 Å². The second-order valence-electron chi connectivity index (χ2n) is 6.39. The number of nitrogens with one attached hydrogen (secondary N) is 2. The lowest BCUT2D eigenvalue weighted by atomic mass is 10.2. The molecule has 3 aromatic carbocycles. The molecule has 0 aromatic heterocycles. The molecule has 0 aliphatic heterocycles. The molecule has 31 heavy (non-hydrogen) atoms. The Kier molecular flexibility index (Phi) is 7.04. The summed E-state index contributed by atoms with van der Waals surface area (Å²) in [6.45, 7) is 2.37. The molecule has 0 unspecified atom stereocenters. The monoisotopic (exact) mass is 460 g/mol. The van der Waals surface area contributed by atoms with E-state index in [1.165, 1.54) is 18.2 Å². The third-order valence-corrected chi connectivity index (χ3v) is 5.97. The number of sulfonamides is 1. The van der Waals surface area contributed by atoms with E-state index in [2.05, 4.69) is 10.0 Å². The average Bonchev–Trinajstić information content (AvgIpc) is 2.75. The second-order valence-corrected chi connectivity index (χ2v) is 8.48. The van der Waals surface area contributed by atoms with E-state index in [9.17, 15) is 13.2 Å². The molecule has 0 aliphatic carbocycles. The zero-order valence-corrected chi connectivity index (χ0v) is 18.5. The van der Waals surface area contributed by atoms with E-state index in [1.807, 2.05) is 6.92 Å². The molecule has 3 rings (SSSR count).